The molecule has 0 saturated carbocycles. The van der Waals surface area contributed by atoms with Gasteiger partial charge in [-0.3, -0.25) is 4.68 Å². The molecular formula is C8H11N5. The summed E-state index contributed by atoms with van der Waals surface area (Å²) in [7, 11) is 5.78. The molecule has 0 amide bonds. The van der Waals surface area contributed by atoms with E-state index in [-0.39, 0.29) is 0 Å². The van der Waals surface area contributed by atoms with Gasteiger partial charge in [-0.05, 0) is 0 Å². The Morgan fingerprint density at radius 1 is 1.31 bits per heavy atom. The van der Waals surface area contributed by atoms with Crippen molar-refractivity contribution in [3.8, 4) is 0 Å². The second kappa shape index (κ2) is 2.69. The highest BCUT2D eigenvalue weighted by molar-refractivity contribution is 5.85. The lowest BCUT2D eigenvalue weighted by atomic mass is 10.4. The van der Waals surface area contributed by atoms with E-state index in [9.17, 15) is 0 Å². The summed E-state index contributed by atoms with van der Waals surface area (Å²) in [5.74, 6) is 0.901. The van der Waals surface area contributed by atoms with Crippen molar-refractivity contribution < 1.29 is 0 Å². The molecule has 0 saturated heterocycles. The van der Waals surface area contributed by atoms with E-state index in [1.165, 1.54) is 6.33 Å². The lowest BCUT2D eigenvalue weighted by Crippen LogP contribution is -2.10. The largest absolute Gasteiger partial charge is 0.362 e. The van der Waals surface area contributed by atoms with Crippen LogP contribution in [-0.2, 0) is 7.05 Å². The van der Waals surface area contributed by atoms with Crippen LogP contribution in [0.25, 0.3) is 11.0 Å². The molecule has 5 heteroatoms. The summed E-state index contributed by atoms with van der Waals surface area (Å²) in [6, 6.07) is 0. The topological polar surface area (TPSA) is 46.8 Å². The van der Waals surface area contributed by atoms with Crippen LogP contribution in [-0.4, -0.2) is 33.8 Å². The van der Waals surface area contributed by atoms with E-state index in [1.54, 1.807) is 4.68 Å². The molecule has 0 bridgehead atoms. The number of hydrogen-bond acceptors (Lipinski definition) is 4. The fourth-order valence-corrected chi connectivity index (χ4v) is 1.29. The predicted molar refractivity (Wildman–Crippen MR) is 50.6 cm³/mol. The standard InChI is InChI=1S/C8H11N5/c1-12(2)8-6-4-13(3)11-7(6)9-5-10-8/h4-5H,1-3H3. The molecular weight excluding hydrogens is 166 g/mol. The normalized spacial score (nSPS) is 10.7. The molecule has 68 valence electrons. The molecule has 0 N–H and O–H groups in total. The van der Waals surface area contributed by atoms with Gasteiger partial charge in [0.15, 0.2) is 5.65 Å². The molecule has 5 nitrogen and oxygen atoms in total. The van der Waals surface area contributed by atoms with Crippen LogP contribution >= 0.6 is 0 Å². The van der Waals surface area contributed by atoms with Crippen molar-refractivity contribution in [2.24, 2.45) is 7.05 Å². The number of aromatic nitrogens is 4. The van der Waals surface area contributed by atoms with Gasteiger partial charge in [0.05, 0.1) is 5.39 Å². The van der Waals surface area contributed by atoms with Crippen LogP contribution in [0.1, 0.15) is 0 Å². The highest BCUT2D eigenvalue weighted by Gasteiger charge is 2.07. The number of nitrogens with zero attached hydrogens (tertiary/aromatic N) is 5. The summed E-state index contributed by atoms with van der Waals surface area (Å²) in [4.78, 5) is 10.2. The summed E-state index contributed by atoms with van der Waals surface area (Å²) in [5, 5.41) is 5.18. The van der Waals surface area contributed by atoms with Crippen molar-refractivity contribution in [3.63, 3.8) is 0 Å². The van der Waals surface area contributed by atoms with E-state index in [2.05, 4.69) is 15.1 Å². The quantitative estimate of drug-likeness (QED) is 0.633. The van der Waals surface area contributed by atoms with Crippen molar-refractivity contribution in [3.05, 3.63) is 12.5 Å². The van der Waals surface area contributed by atoms with E-state index in [0.717, 1.165) is 16.9 Å². The van der Waals surface area contributed by atoms with Crippen molar-refractivity contribution >= 4 is 16.9 Å². The molecule has 0 aliphatic carbocycles. The number of fused-ring (bicyclic) bond motifs is 1. The molecule has 0 aliphatic heterocycles. The van der Waals surface area contributed by atoms with Gasteiger partial charge in [0.1, 0.15) is 12.1 Å². The molecule has 0 radical (unpaired) electrons. The third kappa shape index (κ3) is 1.22. The van der Waals surface area contributed by atoms with Crippen LogP contribution in [0.3, 0.4) is 0 Å². The van der Waals surface area contributed by atoms with Gasteiger partial charge in [-0.25, -0.2) is 9.97 Å². The smallest absolute Gasteiger partial charge is 0.186 e. The van der Waals surface area contributed by atoms with E-state index >= 15 is 0 Å². The minimum Gasteiger partial charge on any atom is -0.362 e. The van der Waals surface area contributed by atoms with Gasteiger partial charge >= 0.3 is 0 Å². The Kier molecular flexibility index (Phi) is 1.65. The first-order valence-electron chi connectivity index (χ1n) is 4.00. The third-order valence-corrected chi connectivity index (χ3v) is 1.83. The summed E-state index contributed by atoms with van der Waals surface area (Å²) in [6.07, 6.45) is 3.45. The van der Waals surface area contributed by atoms with Gasteiger partial charge in [0.2, 0.25) is 0 Å². The van der Waals surface area contributed by atoms with Crippen molar-refractivity contribution in [2.45, 2.75) is 0 Å². The first-order chi connectivity index (χ1) is 6.18. The second-order valence-electron chi connectivity index (χ2n) is 3.13. The second-order valence-corrected chi connectivity index (χ2v) is 3.13. The SMILES string of the molecule is CN(C)c1ncnc2nn(C)cc12. The summed E-state index contributed by atoms with van der Waals surface area (Å²) >= 11 is 0. The Hall–Kier alpha value is -1.65. The molecule has 0 unspecified atom stereocenters. The van der Waals surface area contributed by atoms with E-state index < -0.39 is 0 Å². The maximum Gasteiger partial charge on any atom is 0.186 e. The lowest BCUT2D eigenvalue weighted by molar-refractivity contribution is 0.775. The number of aryl methyl sites for hydroxylation is 1. The molecule has 0 aliphatic rings. The Labute approximate surface area is 76.0 Å². The molecule has 0 atom stereocenters. The fourth-order valence-electron chi connectivity index (χ4n) is 1.29. The minimum atomic E-state index is 0.737. The highest BCUT2D eigenvalue weighted by Crippen LogP contribution is 2.18. The maximum atomic E-state index is 4.20. The average molecular weight is 177 g/mol. The molecule has 0 fully saturated rings. The van der Waals surface area contributed by atoms with E-state index in [1.807, 2.05) is 32.2 Å². The highest BCUT2D eigenvalue weighted by atomic mass is 15.3. The zero-order valence-corrected chi connectivity index (χ0v) is 7.89. The number of anilines is 1. The molecule has 2 rings (SSSR count). The fraction of sp³-hybridized carbons (Fsp3) is 0.375. The third-order valence-electron chi connectivity index (χ3n) is 1.83. The zero-order chi connectivity index (χ0) is 9.42. The van der Waals surface area contributed by atoms with Gasteiger partial charge in [-0.2, -0.15) is 5.10 Å². The minimum absolute atomic E-state index is 0.737. The van der Waals surface area contributed by atoms with Gasteiger partial charge in [0, 0.05) is 27.3 Å². The Bertz CT molecular complexity index is 431. The van der Waals surface area contributed by atoms with Crippen LogP contribution in [0, 0.1) is 0 Å². The van der Waals surface area contributed by atoms with Crippen LogP contribution in [0.2, 0.25) is 0 Å². The first-order valence-corrected chi connectivity index (χ1v) is 4.00. The Balaban J connectivity index is 2.75. The van der Waals surface area contributed by atoms with Gasteiger partial charge in [-0.15, -0.1) is 0 Å². The number of rotatable bonds is 1. The molecule has 0 aromatic carbocycles. The van der Waals surface area contributed by atoms with Crippen LogP contribution in [0.15, 0.2) is 12.5 Å². The van der Waals surface area contributed by atoms with Crippen molar-refractivity contribution in [2.75, 3.05) is 19.0 Å². The number of hydrogen-bond donors (Lipinski definition) is 0. The maximum absolute atomic E-state index is 4.20. The summed E-state index contributed by atoms with van der Waals surface area (Å²) in [5.41, 5.74) is 0.737. The van der Waals surface area contributed by atoms with Crippen molar-refractivity contribution in [1.29, 1.82) is 0 Å². The van der Waals surface area contributed by atoms with E-state index in [0.29, 0.717) is 0 Å². The van der Waals surface area contributed by atoms with Crippen LogP contribution in [0.4, 0.5) is 5.82 Å². The molecule has 2 aromatic heterocycles. The predicted octanol–water partition coefficient (Wildman–Crippen LogP) is 0.429. The summed E-state index contributed by atoms with van der Waals surface area (Å²) in [6.45, 7) is 0. The van der Waals surface area contributed by atoms with Gasteiger partial charge < -0.3 is 4.90 Å². The monoisotopic (exact) mass is 177 g/mol. The zero-order valence-electron chi connectivity index (χ0n) is 7.89. The average Bonchev–Trinajstić information content (AvgIpc) is 2.43. The van der Waals surface area contributed by atoms with Crippen LogP contribution < -0.4 is 4.90 Å². The van der Waals surface area contributed by atoms with Crippen molar-refractivity contribution in [1.82, 2.24) is 19.7 Å². The lowest BCUT2D eigenvalue weighted by Gasteiger charge is -2.10. The van der Waals surface area contributed by atoms with Crippen LogP contribution in [0.5, 0.6) is 0 Å². The van der Waals surface area contributed by atoms with Gasteiger partial charge in [-0.1, -0.05) is 0 Å². The van der Waals surface area contributed by atoms with Gasteiger partial charge in [0.25, 0.3) is 0 Å². The molecule has 2 aromatic rings. The summed E-state index contributed by atoms with van der Waals surface area (Å²) < 4.78 is 1.74. The Morgan fingerprint density at radius 2 is 2.08 bits per heavy atom. The first kappa shape index (κ1) is 7.97. The molecule has 13 heavy (non-hydrogen) atoms. The molecule has 2 heterocycles. The molecule has 0 spiro atoms. The Morgan fingerprint density at radius 3 is 2.77 bits per heavy atom. The van der Waals surface area contributed by atoms with E-state index in [4.69, 9.17) is 0 Å².